The Hall–Kier alpha value is -1.24. The normalized spacial score (nSPS) is 10.6. The highest BCUT2D eigenvalue weighted by Gasteiger charge is 2.03. The highest BCUT2D eigenvalue weighted by molar-refractivity contribution is 6.32. The van der Waals surface area contributed by atoms with E-state index in [0.717, 1.165) is 37.2 Å². The number of ether oxygens (including phenoxy) is 1. The molecule has 1 aromatic carbocycles. The SMILES string of the molecule is CC(C)CNCc1ccc(OCCCCC#N)c(Cl)c1. The number of unbranched alkanes of at least 4 members (excludes halogenated alkanes) is 2. The summed E-state index contributed by atoms with van der Waals surface area (Å²) in [5, 5.41) is 12.5. The van der Waals surface area contributed by atoms with Gasteiger partial charge in [-0.05, 0) is 43.0 Å². The molecule has 0 fully saturated rings. The second kappa shape index (κ2) is 9.63. The second-order valence-electron chi connectivity index (χ2n) is 5.25. The van der Waals surface area contributed by atoms with Crippen LogP contribution in [0.3, 0.4) is 0 Å². The van der Waals surface area contributed by atoms with Crippen molar-refractivity contribution in [2.45, 2.75) is 39.7 Å². The second-order valence-corrected chi connectivity index (χ2v) is 5.66. The van der Waals surface area contributed by atoms with Gasteiger partial charge < -0.3 is 10.1 Å². The topological polar surface area (TPSA) is 45.0 Å². The maximum absolute atomic E-state index is 8.44. The molecule has 4 heteroatoms. The van der Waals surface area contributed by atoms with Gasteiger partial charge in [0.15, 0.2) is 0 Å². The van der Waals surface area contributed by atoms with Crippen LogP contribution in [0.15, 0.2) is 18.2 Å². The van der Waals surface area contributed by atoms with Crippen molar-refractivity contribution in [3.63, 3.8) is 0 Å². The first kappa shape index (κ1) is 16.8. The van der Waals surface area contributed by atoms with Crippen molar-refractivity contribution in [1.82, 2.24) is 5.32 Å². The summed E-state index contributed by atoms with van der Waals surface area (Å²) in [5.74, 6) is 1.36. The zero-order chi connectivity index (χ0) is 14.8. The van der Waals surface area contributed by atoms with Crippen LogP contribution in [0.25, 0.3) is 0 Å². The van der Waals surface area contributed by atoms with Gasteiger partial charge >= 0.3 is 0 Å². The van der Waals surface area contributed by atoms with Gasteiger partial charge in [-0.1, -0.05) is 31.5 Å². The summed E-state index contributed by atoms with van der Waals surface area (Å²) in [6.07, 6.45) is 2.32. The van der Waals surface area contributed by atoms with Crippen molar-refractivity contribution in [2.75, 3.05) is 13.2 Å². The summed E-state index contributed by atoms with van der Waals surface area (Å²) in [6.45, 7) is 6.79. The molecular weight excluding hydrogens is 272 g/mol. The summed E-state index contributed by atoms with van der Waals surface area (Å²) < 4.78 is 5.62. The number of hydrogen-bond acceptors (Lipinski definition) is 3. The van der Waals surface area contributed by atoms with Gasteiger partial charge in [-0.15, -0.1) is 0 Å². The first-order valence-corrected chi connectivity index (χ1v) is 7.50. The van der Waals surface area contributed by atoms with E-state index in [1.165, 1.54) is 0 Å². The molecule has 0 radical (unpaired) electrons. The number of nitrogens with one attached hydrogen (secondary N) is 1. The highest BCUT2D eigenvalue weighted by atomic mass is 35.5. The van der Waals surface area contributed by atoms with E-state index in [-0.39, 0.29) is 0 Å². The first-order valence-electron chi connectivity index (χ1n) is 7.12. The van der Waals surface area contributed by atoms with Gasteiger partial charge in [0.1, 0.15) is 5.75 Å². The summed E-state index contributed by atoms with van der Waals surface area (Å²) in [7, 11) is 0. The van der Waals surface area contributed by atoms with Gasteiger partial charge in [-0.3, -0.25) is 0 Å². The average Bonchev–Trinajstić information content (AvgIpc) is 2.40. The largest absolute Gasteiger partial charge is 0.492 e. The number of hydrogen-bond donors (Lipinski definition) is 1. The lowest BCUT2D eigenvalue weighted by molar-refractivity contribution is 0.307. The van der Waals surface area contributed by atoms with E-state index in [1.807, 2.05) is 18.2 Å². The Balaban J connectivity index is 2.37. The number of halogens is 1. The Morgan fingerprint density at radius 3 is 2.80 bits per heavy atom. The van der Waals surface area contributed by atoms with Crippen molar-refractivity contribution in [2.24, 2.45) is 5.92 Å². The average molecular weight is 295 g/mol. The molecule has 1 rings (SSSR count). The van der Waals surface area contributed by atoms with Gasteiger partial charge in [0.25, 0.3) is 0 Å². The van der Waals surface area contributed by atoms with Gasteiger partial charge in [0, 0.05) is 13.0 Å². The van der Waals surface area contributed by atoms with Crippen LogP contribution in [0.4, 0.5) is 0 Å². The van der Waals surface area contributed by atoms with E-state index >= 15 is 0 Å². The van der Waals surface area contributed by atoms with Crippen LogP contribution in [0.5, 0.6) is 5.75 Å². The van der Waals surface area contributed by atoms with Crippen molar-refractivity contribution in [3.05, 3.63) is 28.8 Å². The van der Waals surface area contributed by atoms with E-state index in [1.54, 1.807) is 0 Å². The van der Waals surface area contributed by atoms with Crippen LogP contribution in [-0.4, -0.2) is 13.2 Å². The zero-order valence-corrected chi connectivity index (χ0v) is 13.0. The molecule has 0 aliphatic carbocycles. The smallest absolute Gasteiger partial charge is 0.137 e. The van der Waals surface area contributed by atoms with E-state index < -0.39 is 0 Å². The van der Waals surface area contributed by atoms with Crippen molar-refractivity contribution in [3.8, 4) is 11.8 Å². The van der Waals surface area contributed by atoms with Crippen molar-refractivity contribution < 1.29 is 4.74 Å². The third-order valence-corrected chi connectivity index (χ3v) is 3.11. The van der Waals surface area contributed by atoms with E-state index in [9.17, 15) is 0 Å². The van der Waals surface area contributed by atoms with E-state index in [0.29, 0.717) is 24.0 Å². The Morgan fingerprint density at radius 1 is 1.35 bits per heavy atom. The lowest BCUT2D eigenvalue weighted by atomic mass is 10.2. The van der Waals surface area contributed by atoms with Crippen LogP contribution in [-0.2, 0) is 6.54 Å². The van der Waals surface area contributed by atoms with Crippen molar-refractivity contribution >= 4 is 11.6 Å². The Kier molecular flexibility index (Phi) is 8.10. The third-order valence-electron chi connectivity index (χ3n) is 2.82. The number of rotatable bonds is 9. The van der Waals surface area contributed by atoms with Crippen LogP contribution in [0, 0.1) is 17.2 Å². The third kappa shape index (κ3) is 6.79. The molecule has 0 aliphatic heterocycles. The quantitative estimate of drug-likeness (QED) is 0.696. The monoisotopic (exact) mass is 294 g/mol. The number of benzene rings is 1. The Bertz CT molecular complexity index is 441. The standard InChI is InChI=1S/C16H23ClN2O/c1-13(2)11-19-12-14-6-7-16(15(17)10-14)20-9-5-3-4-8-18/h6-7,10,13,19H,3-5,9,11-12H2,1-2H3. The van der Waals surface area contributed by atoms with Crippen LogP contribution in [0.1, 0.15) is 38.7 Å². The fourth-order valence-electron chi connectivity index (χ4n) is 1.76. The number of nitriles is 1. The molecule has 110 valence electrons. The Labute approximate surface area is 126 Å². The molecule has 0 atom stereocenters. The molecule has 0 spiro atoms. The molecule has 0 heterocycles. The molecule has 0 saturated carbocycles. The molecule has 0 saturated heterocycles. The first-order chi connectivity index (χ1) is 9.63. The van der Waals surface area contributed by atoms with Crippen LogP contribution < -0.4 is 10.1 Å². The molecule has 0 bridgehead atoms. The summed E-state index contributed by atoms with van der Waals surface area (Å²) in [6, 6.07) is 8.02. The molecule has 0 aromatic heterocycles. The summed E-state index contributed by atoms with van der Waals surface area (Å²) in [4.78, 5) is 0. The maximum Gasteiger partial charge on any atom is 0.137 e. The predicted octanol–water partition coefficient (Wildman–Crippen LogP) is 4.16. The van der Waals surface area contributed by atoms with Crippen molar-refractivity contribution in [1.29, 1.82) is 5.26 Å². The van der Waals surface area contributed by atoms with E-state index in [2.05, 4.69) is 25.2 Å². The van der Waals surface area contributed by atoms with Gasteiger partial charge in [-0.25, -0.2) is 0 Å². The predicted molar refractivity (Wildman–Crippen MR) is 83.0 cm³/mol. The minimum Gasteiger partial charge on any atom is -0.492 e. The fraction of sp³-hybridized carbons (Fsp3) is 0.562. The lowest BCUT2D eigenvalue weighted by Crippen LogP contribution is -2.18. The fourth-order valence-corrected chi connectivity index (χ4v) is 2.02. The molecule has 3 nitrogen and oxygen atoms in total. The summed E-state index contributed by atoms with van der Waals surface area (Å²) >= 11 is 6.21. The van der Waals surface area contributed by atoms with Crippen LogP contribution >= 0.6 is 11.6 Å². The number of nitrogens with zero attached hydrogens (tertiary/aromatic N) is 1. The molecule has 0 aliphatic rings. The molecule has 0 amide bonds. The van der Waals surface area contributed by atoms with Gasteiger partial charge in [-0.2, -0.15) is 5.26 Å². The van der Waals surface area contributed by atoms with E-state index in [4.69, 9.17) is 21.6 Å². The van der Waals surface area contributed by atoms with Crippen LogP contribution in [0.2, 0.25) is 5.02 Å². The van der Waals surface area contributed by atoms with Gasteiger partial charge in [0.05, 0.1) is 17.7 Å². The maximum atomic E-state index is 8.44. The molecule has 20 heavy (non-hydrogen) atoms. The minimum atomic E-state index is 0.581. The minimum absolute atomic E-state index is 0.581. The van der Waals surface area contributed by atoms with Gasteiger partial charge in [0.2, 0.25) is 0 Å². The molecule has 1 N–H and O–H groups in total. The summed E-state index contributed by atoms with van der Waals surface area (Å²) in [5.41, 5.74) is 1.16. The molecule has 0 unspecified atom stereocenters. The zero-order valence-electron chi connectivity index (χ0n) is 12.3. The molecule has 1 aromatic rings. The molecular formula is C16H23ClN2O. The lowest BCUT2D eigenvalue weighted by Gasteiger charge is -2.11. The highest BCUT2D eigenvalue weighted by Crippen LogP contribution is 2.25. The Morgan fingerprint density at radius 2 is 2.15 bits per heavy atom.